The molecule has 6 unspecified atom stereocenters. The average Bonchev–Trinajstić information content (AvgIpc) is 2.77. The second-order valence-electron chi connectivity index (χ2n) is 5.87. The molecule has 19 heavy (non-hydrogen) atoms. The summed E-state index contributed by atoms with van der Waals surface area (Å²) in [6.07, 6.45) is 0.365. The summed E-state index contributed by atoms with van der Waals surface area (Å²) in [5.74, 6) is -0.971. The number of hydrogen-bond acceptors (Lipinski definition) is 5. The van der Waals surface area contributed by atoms with E-state index in [1.165, 1.54) is 0 Å². The molecule has 4 rings (SSSR count). The van der Waals surface area contributed by atoms with E-state index < -0.39 is 18.2 Å². The number of carbonyl (C=O) groups is 2. The minimum atomic E-state index is -0.696. The van der Waals surface area contributed by atoms with E-state index in [1.54, 1.807) is 6.92 Å². The standard InChI is InChI=1S/C14H18O5/c1-6(2)13(16)19-12-8-4-3-7(11(12)15)9-5-18-14(17)10(8)9/h7-12,15H,1,3-5H2,2H3. The number of carbonyl (C=O) groups excluding carboxylic acids is 2. The van der Waals surface area contributed by atoms with Crippen LogP contribution < -0.4 is 0 Å². The molecule has 0 aromatic rings. The van der Waals surface area contributed by atoms with Crippen LogP contribution in [0.2, 0.25) is 0 Å². The molecular formula is C14H18O5. The van der Waals surface area contributed by atoms with Gasteiger partial charge in [0.1, 0.15) is 6.10 Å². The van der Waals surface area contributed by atoms with Crippen molar-refractivity contribution >= 4 is 11.9 Å². The van der Waals surface area contributed by atoms with Crippen molar-refractivity contribution in [2.24, 2.45) is 23.7 Å². The van der Waals surface area contributed by atoms with Gasteiger partial charge in [-0.3, -0.25) is 4.79 Å². The van der Waals surface area contributed by atoms with E-state index in [1.807, 2.05) is 0 Å². The molecule has 0 aromatic carbocycles. The second kappa shape index (κ2) is 4.34. The number of rotatable bonds is 2. The maximum Gasteiger partial charge on any atom is 0.333 e. The Morgan fingerprint density at radius 2 is 2.05 bits per heavy atom. The van der Waals surface area contributed by atoms with Crippen molar-refractivity contribution in [2.45, 2.75) is 32.0 Å². The van der Waals surface area contributed by atoms with Gasteiger partial charge >= 0.3 is 11.9 Å². The predicted octanol–water partition coefficient (Wildman–Crippen LogP) is 0.664. The zero-order chi connectivity index (χ0) is 13.7. The van der Waals surface area contributed by atoms with Crippen molar-refractivity contribution in [3.63, 3.8) is 0 Å². The molecule has 5 heteroatoms. The van der Waals surface area contributed by atoms with Gasteiger partial charge in [-0.15, -0.1) is 0 Å². The molecule has 4 aliphatic rings. The first-order valence-electron chi connectivity index (χ1n) is 6.72. The summed E-state index contributed by atoms with van der Waals surface area (Å²) in [6.45, 7) is 5.50. The van der Waals surface area contributed by atoms with Crippen molar-refractivity contribution in [1.29, 1.82) is 0 Å². The molecule has 0 aromatic heterocycles. The van der Waals surface area contributed by atoms with Crippen LogP contribution in [0.15, 0.2) is 12.2 Å². The van der Waals surface area contributed by atoms with Crippen LogP contribution in [-0.2, 0) is 19.1 Å². The van der Waals surface area contributed by atoms with Crippen molar-refractivity contribution in [2.75, 3.05) is 6.61 Å². The first-order valence-corrected chi connectivity index (χ1v) is 6.72. The normalized spacial score (nSPS) is 43.6. The molecule has 5 nitrogen and oxygen atoms in total. The number of hydrogen-bond donors (Lipinski definition) is 1. The van der Waals surface area contributed by atoms with E-state index >= 15 is 0 Å². The number of fused-ring (bicyclic) bond motifs is 2. The van der Waals surface area contributed by atoms with Gasteiger partial charge < -0.3 is 14.6 Å². The van der Waals surface area contributed by atoms with Gasteiger partial charge in [-0.2, -0.15) is 0 Å². The van der Waals surface area contributed by atoms with Crippen LogP contribution in [0.5, 0.6) is 0 Å². The highest BCUT2D eigenvalue weighted by molar-refractivity contribution is 5.87. The van der Waals surface area contributed by atoms with E-state index in [2.05, 4.69) is 6.58 Å². The highest BCUT2D eigenvalue weighted by Gasteiger charge is 2.60. The lowest BCUT2D eigenvalue weighted by Crippen LogP contribution is -2.58. The monoisotopic (exact) mass is 266 g/mol. The quantitative estimate of drug-likeness (QED) is 0.587. The Bertz CT molecular complexity index is 443. The molecule has 4 fully saturated rings. The fourth-order valence-electron chi connectivity index (χ4n) is 3.88. The Balaban J connectivity index is 1.84. The van der Waals surface area contributed by atoms with E-state index in [0.717, 1.165) is 12.8 Å². The number of aliphatic hydroxyl groups is 1. The van der Waals surface area contributed by atoms with Crippen molar-refractivity contribution in [3.8, 4) is 0 Å². The molecule has 1 aliphatic heterocycles. The molecule has 104 valence electrons. The summed E-state index contributed by atoms with van der Waals surface area (Å²) in [4.78, 5) is 23.5. The van der Waals surface area contributed by atoms with Crippen LogP contribution in [0.25, 0.3) is 0 Å². The molecule has 0 spiro atoms. The SMILES string of the molecule is C=C(C)C(=O)OC1C(O)C2CCC1C1C(=O)OCC21. The summed E-state index contributed by atoms with van der Waals surface area (Å²) < 4.78 is 10.5. The average molecular weight is 266 g/mol. The Morgan fingerprint density at radius 3 is 2.74 bits per heavy atom. The Hall–Kier alpha value is -1.36. The third-order valence-electron chi connectivity index (χ3n) is 4.78. The van der Waals surface area contributed by atoms with E-state index in [9.17, 15) is 14.7 Å². The predicted molar refractivity (Wildman–Crippen MR) is 64.9 cm³/mol. The van der Waals surface area contributed by atoms with Crippen LogP contribution in [0.3, 0.4) is 0 Å². The molecular weight excluding hydrogens is 248 g/mol. The van der Waals surface area contributed by atoms with Gasteiger partial charge in [0.25, 0.3) is 0 Å². The molecule has 2 bridgehead atoms. The summed E-state index contributed by atoms with van der Waals surface area (Å²) >= 11 is 0. The maximum absolute atomic E-state index is 11.8. The van der Waals surface area contributed by atoms with Gasteiger partial charge in [-0.1, -0.05) is 6.58 Å². The fraction of sp³-hybridized carbons (Fsp3) is 0.714. The highest BCUT2D eigenvalue weighted by atomic mass is 16.6. The third-order valence-corrected chi connectivity index (χ3v) is 4.78. The summed E-state index contributed by atoms with van der Waals surface area (Å²) in [5, 5.41) is 10.3. The highest BCUT2D eigenvalue weighted by Crippen LogP contribution is 2.52. The maximum atomic E-state index is 11.8. The summed E-state index contributed by atoms with van der Waals surface area (Å²) in [7, 11) is 0. The largest absolute Gasteiger partial charge is 0.465 e. The van der Waals surface area contributed by atoms with Crippen molar-refractivity contribution in [1.82, 2.24) is 0 Å². The van der Waals surface area contributed by atoms with Gasteiger partial charge in [0, 0.05) is 17.4 Å². The molecule has 1 heterocycles. The molecule has 0 amide bonds. The fourth-order valence-corrected chi connectivity index (χ4v) is 3.88. The third kappa shape index (κ3) is 1.79. The van der Waals surface area contributed by atoms with E-state index in [0.29, 0.717) is 12.2 Å². The Labute approximate surface area is 111 Å². The first kappa shape index (κ1) is 12.7. The van der Waals surface area contributed by atoms with Gasteiger partial charge in [-0.25, -0.2) is 4.79 Å². The Morgan fingerprint density at radius 1 is 1.37 bits per heavy atom. The minimum absolute atomic E-state index is 0.00984. The summed E-state index contributed by atoms with van der Waals surface area (Å²) in [6, 6.07) is 0. The molecule has 3 saturated carbocycles. The van der Waals surface area contributed by atoms with E-state index in [-0.39, 0.29) is 29.6 Å². The van der Waals surface area contributed by atoms with Crippen LogP contribution in [-0.4, -0.2) is 35.9 Å². The van der Waals surface area contributed by atoms with Gasteiger partial charge in [-0.05, 0) is 25.7 Å². The first-order chi connectivity index (χ1) is 9.00. The van der Waals surface area contributed by atoms with Crippen molar-refractivity contribution < 1.29 is 24.2 Å². The minimum Gasteiger partial charge on any atom is -0.465 e. The van der Waals surface area contributed by atoms with E-state index in [4.69, 9.17) is 9.47 Å². The lowest BCUT2D eigenvalue weighted by Gasteiger charge is -2.50. The van der Waals surface area contributed by atoms with Crippen LogP contribution >= 0.6 is 0 Å². The number of ether oxygens (including phenoxy) is 2. The Kier molecular flexibility index (Phi) is 2.89. The van der Waals surface area contributed by atoms with Gasteiger partial charge in [0.2, 0.25) is 0 Å². The lowest BCUT2D eigenvalue weighted by molar-refractivity contribution is -0.188. The number of aliphatic hydroxyl groups excluding tert-OH is 1. The molecule has 3 aliphatic carbocycles. The summed E-state index contributed by atoms with van der Waals surface area (Å²) in [5.41, 5.74) is 0.305. The molecule has 0 radical (unpaired) electrons. The lowest BCUT2D eigenvalue weighted by atomic mass is 9.57. The molecule has 1 N–H and O–H groups in total. The zero-order valence-corrected chi connectivity index (χ0v) is 10.9. The zero-order valence-electron chi connectivity index (χ0n) is 10.9. The second-order valence-corrected chi connectivity index (χ2v) is 5.87. The van der Waals surface area contributed by atoms with Crippen LogP contribution in [0.4, 0.5) is 0 Å². The molecule has 6 atom stereocenters. The topological polar surface area (TPSA) is 72.8 Å². The number of cyclic esters (lactones) is 1. The molecule has 1 saturated heterocycles. The van der Waals surface area contributed by atoms with Crippen LogP contribution in [0.1, 0.15) is 19.8 Å². The van der Waals surface area contributed by atoms with Gasteiger partial charge in [0.05, 0.1) is 18.6 Å². The van der Waals surface area contributed by atoms with Crippen LogP contribution in [0, 0.1) is 23.7 Å². The number of esters is 2. The van der Waals surface area contributed by atoms with Crippen molar-refractivity contribution in [3.05, 3.63) is 12.2 Å². The smallest absolute Gasteiger partial charge is 0.333 e. The van der Waals surface area contributed by atoms with Gasteiger partial charge in [0.15, 0.2) is 0 Å².